The Morgan fingerprint density at radius 1 is 0.897 bits per heavy atom. The number of amides is 1. The van der Waals surface area contributed by atoms with Gasteiger partial charge in [-0.05, 0) is 47.7 Å². The van der Waals surface area contributed by atoms with Gasteiger partial charge in [-0.2, -0.15) is 13.2 Å². The largest absolute Gasteiger partial charge is 0.484 e. The van der Waals surface area contributed by atoms with Gasteiger partial charge in [0.15, 0.2) is 6.61 Å². The normalized spacial score (nSPS) is 11.5. The fourth-order valence-electron chi connectivity index (χ4n) is 4.11. The Kier molecular flexibility index (Phi) is 6.98. The van der Waals surface area contributed by atoms with Crippen LogP contribution in [0.4, 0.5) is 18.9 Å². The number of rotatable bonds is 7. The molecule has 9 heteroatoms. The number of benzene rings is 4. The summed E-state index contributed by atoms with van der Waals surface area (Å²) in [6.07, 6.45) is -4.26. The van der Waals surface area contributed by atoms with E-state index in [0.29, 0.717) is 5.69 Å². The first-order chi connectivity index (χ1) is 18.7. The fraction of sp³-hybridized carbons (Fsp3) is 0.133. The predicted molar refractivity (Wildman–Crippen MR) is 141 cm³/mol. The maximum absolute atomic E-state index is 13.9. The number of aryl methyl sites for hydroxylation is 1. The van der Waals surface area contributed by atoms with Crippen molar-refractivity contribution in [2.45, 2.75) is 19.5 Å². The minimum absolute atomic E-state index is 0.0515. The Balaban J connectivity index is 1.39. The van der Waals surface area contributed by atoms with Crippen LogP contribution in [0.15, 0.2) is 94.1 Å². The van der Waals surface area contributed by atoms with E-state index >= 15 is 0 Å². The minimum Gasteiger partial charge on any atom is -0.484 e. The highest BCUT2D eigenvalue weighted by Gasteiger charge is 2.40. The van der Waals surface area contributed by atoms with Crippen molar-refractivity contribution in [1.82, 2.24) is 0 Å². The summed E-state index contributed by atoms with van der Waals surface area (Å²) in [5.41, 5.74) is 0.219. The first kappa shape index (κ1) is 25.8. The zero-order chi connectivity index (χ0) is 27.6. The summed E-state index contributed by atoms with van der Waals surface area (Å²) in [4.78, 5) is 25.5. The van der Waals surface area contributed by atoms with Gasteiger partial charge in [0, 0.05) is 17.1 Å². The lowest BCUT2D eigenvalue weighted by Crippen LogP contribution is -2.20. The molecule has 1 heterocycles. The van der Waals surface area contributed by atoms with Gasteiger partial charge in [-0.15, -0.1) is 0 Å². The SMILES string of the molecule is CCc1ccc(Oc2c(C(F)(F)F)oc3cc(OCC(=O)Nc4cccc5ccccc45)ccc3c2=O)cc1. The van der Waals surface area contributed by atoms with Gasteiger partial charge in [-0.3, -0.25) is 9.59 Å². The van der Waals surface area contributed by atoms with E-state index < -0.39 is 35.6 Å². The minimum atomic E-state index is -5.00. The molecule has 0 atom stereocenters. The van der Waals surface area contributed by atoms with Crippen molar-refractivity contribution in [3.63, 3.8) is 0 Å². The van der Waals surface area contributed by atoms with E-state index in [1.165, 1.54) is 24.3 Å². The zero-order valence-corrected chi connectivity index (χ0v) is 20.7. The van der Waals surface area contributed by atoms with Crippen LogP contribution in [-0.4, -0.2) is 12.5 Å². The maximum Gasteiger partial charge on any atom is 0.453 e. The first-order valence-electron chi connectivity index (χ1n) is 12.1. The molecule has 4 aromatic carbocycles. The molecule has 1 amide bonds. The van der Waals surface area contributed by atoms with E-state index in [-0.39, 0.29) is 22.5 Å². The number of carbonyl (C=O) groups excluding carboxylic acids is 1. The average Bonchev–Trinajstić information content (AvgIpc) is 2.93. The van der Waals surface area contributed by atoms with Crippen LogP contribution in [0.25, 0.3) is 21.7 Å². The van der Waals surface area contributed by atoms with Crippen LogP contribution >= 0.6 is 0 Å². The van der Waals surface area contributed by atoms with E-state index in [0.717, 1.165) is 28.8 Å². The second kappa shape index (κ2) is 10.5. The van der Waals surface area contributed by atoms with Gasteiger partial charge in [0.2, 0.25) is 11.2 Å². The number of halogens is 3. The summed E-state index contributed by atoms with van der Waals surface area (Å²) in [7, 11) is 0. The molecule has 0 unspecified atom stereocenters. The molecule has 0 fully saturated rings. The predicted octanol–water partition coefficient (Wildman–Crippen LogP) is 7.34. The maximum atomic E-state index is 13.9. The quantitative estimate of drug-likeness (QED) is 0.237. The standard InChI is InChI=1S/C30H22F3NO5/c1-2-18-10-12-20(13-11-18)38-28-27(36)23-15-14-21(16-25(23)39-29(28)30(31,32)33)37-17-26(35)34-24-9-5-7-19-6-3-4-8-22(19)24/h3-16H,2,17H2,1H3,(H,34,35). The molecule has 1 aromatic heterocycles. The van der Waals surface area contributed by atoms with Crippen molar-refractivity contribution in [3.05, 3.63) is 106 Å². The third-order valence-electron chi connectivity index (χ3n) is 6.06. The van der Waals surface area contributed by atoms with E-state index in [4.69, 9.17) is 13.9 Å². The molecule has 0 saturated carbocycles. The molecule has 0 bridgehead atoms. The molecule has 0 saturated heterocycles. The second-order valence-corrected chi connectivity index (χ2v) is 8.71. The molecule has 39 heavy (non-hydrogen) atoms. The van der Waals surface area contributed by atoms with Crippen molar-refractivity contribution in [2.24, 2.45) is 0 Å². The van der Waals surface area contributed by atoms with Gasteiger partial charge in [-0.25, -0.2) is 0 Å². The molecule has 0 radical (unpaired) electrons. The Hall–Kier alpha value is -4.79. The molecule has 0 spiro atoms. The van der Waals surface area contributed by atoms with Crippen LogP contribution in [-0.2, 0) is 17.4 Å². The van der Waals surface area contributed by atoms with Gasteiger partial charge in [0.25, 0.3) is 11.7 Å². The summed E-state index contributed by atoms with van der Waals surface area (Å²) >= 11 is 0. The van der Waals surface area contributed by atoms with Gasteiger partial charge in [0.1, 0.15) is 17.1 Å². The molecule has 5 aromatic rings. The lowest BCUT2D eigenvalue weighted by molar-refractivity contribution is -0.154. The van der Waals surface area contributed by atoms with E-state index in [9.17, 15) is 22.8 Å². The number of hydrogen-bond donors (Lipinski definition) is 1. The van der Waals surface area contributed by atoms with Crippen LogP contribution in [0, 0.1) is 0 Å². The zero-order valence-electron chi connectivity index (χ0n) is 20.7. The highest BCUT2D eigenvalue weighted by molar-refractivity contribution is 6.02. The molecule has 0 aliphatic carbocycles. The number of anilines is 1. The first-order valence-corrected chi connectivity index (χ1v) is 12.1. The number of ether oxygens (including phenoxy) is 2. The third-order valence-corrected chi connectivity index (χ3v) is 6.06. The van der Waals surface area contributed by atoms with E-state index in [1.807, 2.05) is 37.3 Å². The Morgan fingerprint density at radius 2 is 1.62 bits per heavy atom. The molecule has 198 valence electrons. The number of nitrogens with one attached hydrogen (secondary N) is 1. The monoisotopic (exact) mass is 533 g/mol. The van der Waals surface area contributed by atoms with Crippen molar-refractivity contribution < 1.29 is 31.9 Å². The number of carbonyl (C=O) groups is 1. The second-order valence-electron chi connectivity index (χ2n) is 8.71. The summed E-state index contributed by atoms with van der Waals surface area (Å²) in [6, 6.07) is 23.2. The number of fused-ring (bicyclic) bond motifs is 2. The van der Waals surface area contributed by atoms with Gasteiger partial charge >= 0.3 is 6.18 Å². The molecule has 6 nitrogen and oxygen atoms in total. The highest BCUT2D eigenvalue weighted by Crippen LogP contribution is 2.38. The Bertz CT molecular complexity index is 1720. The number of hydrogen-bond acceptors (Lipinski definition) is 5. The van der Waals surface area contributed by atoms with Crippen LogP contribution < -0.4 is 20.2 Å². The summed E-state index contributed by atoms with van der Waals surface area (Å²) in [6.45, 7) is 1.52. The van der Waals surface area contributed by atoms with Gasteiger partial charge < -0.3 is 19.2 Å². The van der Waals surface area contributed by atoms with Crippen LogP contribution in [0.5, 0.6) is 17.2 Å². The lowest BCUT2D eigenvalue weighted by atomic mass is 10.1. The number of alkyl halides is 3. The molecular formula is C30H22F3NO5. The van der Waals surface area contributed by atoms with E-state index in [1.54, 1.807) is 24.3 Å². The topological polar surface area (TPSA) is 77.8 Å². The van der Waals surface area contributed by atoms with Gasteiger partial charge in [0.05, 0.1) is 5.39 Å². The molecule has 1 N–H and O–H groups in total. The van der Waals surface area contributed by atoms with Crippen molar-refractivity contribution in [2.75, 3.05) is 11.9 Å². The molecule has 0 aliphatic rings. The Labute approximate surface area is 220 Å². The molecule has 0 aliphatic heterocycles. The van der Waals surface area contributed by atoms with Crippen LogP contribution in [0.1, 0.15) is 18.2 Å². The van der Waals surface area contributed by atoms with Gasteiger partial charge in [-0.1, -0.05) is 55.5 Å². The summed E-state index contributed by atoms with van der Waals surface area (Å²) in [5.74, 6) is -2.87. The molecular weight excluding hydrogens is 511 g/mol. The summed E-state index contributed by atoms with van der Waals surface area (Å²) < 4.78 is 57.5. The average molecular weight is 534 g/mol. The van der Waals surface area contributed by atoms with Crippen LogP contribution in [0.2, 0.25) is 0 Å². The molecule has 5 rings (SSSR count). The smallest absolute Gasteiger partial charge is 0.453 e. The third kappa shape index (κ3) is 5.57. The lowest BCUT2D eigenvalue weighted by Gasteiger charge is -2.14. The van der Waals surface area contributed by atoms with Crippen molar-refractivity contribution in [1.29, 1.82) is 0 Å². The Morgan fingerprint density at radius 3 is 2.36 bits per heavy atom. The van der Waals surface area contributed by atoms with Crippen molar-refractivity contribution in [3.8, 4) is 17.2 Å². The fourth-order valence-corrected chi connectivity index (χ4v) is 4.11. The van der Waals surface area contributed by atoms with E-state index in [2.05, 4.69) is 5.32 Å². The highest BCUT2D eigenvalue weighted by atomic mass is 19.4. The van der Waals surface area contributed by atoms with Crippen LogP contribution in [0.3, 0.4) is 0 Å². The summed E-state index contributed by atoms with van der Waals surface area (Å²) in [5, 5.41) is 4.43. The van der Waals surface area contributed by atoms with Crippen molar-refractivity contribution >= 4 is 33.3 Å².